The van der Waals surface area contributed by atoms with E-state index < -0.39 is 17.8 Å². The topological polar surface area (TPSA) is 59.5 Å². The zero-order valence-corrected chi connectivity index (χ0v) is 17.2. The summed E-state index contributed by atoms with van der Waals surface area (Å²) in [6.07, 6.45) is 0.495. The summed E-state index contributed by atoms with van der Waals surface area (Å²) in [5, 5.41) is 0.494. The van der Waals surface area contributed by atoms with Crippen molar-refractivity contribution in [1.29, 1.82) is 0 Å². The second-order valence-corrected chi connectivity index (χ2v) is 7.11. The first-order chi connectivity index (χ1) is 13.4. The van der Waals surface area contributed by atoms with Crippen LogP contribution in [0, 0.1) is 12.7 Å². The zero-order valence-electron chi connectivity index (χ0n) is 15.6. The van der Waals surface area contributed by atoms with Gasteiger partial charge in [-0.15, -0.1) is 0 Å². The number of fused-ring (bicyclic) bond motifs is 1. The van der Waals surface area contributed by atoms with Crippen LogP contribution in [0.3, 0.4) is 0 Å². The number of hydrogen-bond acceptors (Lipinski definition) is 4. The highest BCUT2D eigenvalue weighted by Crippen LogP contribution is 2.39. The molecule has 1 heterocycles. The van der Waals surface area contributed by atoms with E-state index in [1.54, 1.807) is 19.1 Å². The molecule has 0 fully saturated rings. The minimum absolute atomic E-state index is 0.389. The Bertz CT molecular complexity index is 1070. The number of imide groups is 1. The SMILES string of the molecule is COc1c(Br)c(C(C)N(C=O)C(=O)c2ccccc2C)nc2ccc(F)cc12. The van der Waals surface area contributed by atoms with E-state index >= 15 is 0 Å². The molecule has 0 aliphatic carbocycles. The number of halogens is 2. The summed E-state index contributed by atoms with van der Waals surface area (Å²) < 4.78 is 19.6. The van der Waals surface area contributed by atoms with Gasteiger partial charge in [-0.1, -0.05) is 18.2 Å². The highest BCUT2D eigenvalue weighted by molar-refractivity contribution is 9.10. The number of benzene rings is 2. The van der Waals surface area contributed by atoms with Crippen LogP contribution in [0.2, 0.25) is 0 Å². The Balaban J connectivity index is 2.11. The van der Waals surface area contributed by atoms with Gasteiger partial charge in [0.15, 0.2) is 0 Å². The van der Waals surface area contributed by atoms with Crippen molar-refractivity contribution >= 4 is 39.2 Å². The van der Waals surface area contributed by atoms with E-state index in [9.17, 15) is 14.0 Å². The summed E-state index contributed by atoms with van der Waals surface area (Å²) in [7, 11) is 1.47. The van der Waals surface area contributed by atoms with E-state index in [4.69, 9.17) is 4.74 Å². The number of carbonyl (C=O) groups is 2. The van der Waals surface area contributed by atoms with Crippen molar-refractivity contribution < 1.29 is 18.7 Å². The van der Waals surface area contributed by atoms with E-state index in [0.717, 1.165) is 10.5 Å². The maximum Gasteiger partial charge on any atom is 0.261 e. The maximum absolute atomic E-state index is 13.7. The van der Waals surface area contributed by atoms with E-state index in [0.29, 0.717) is 38.8 Å². The second kappa shape index (κ2) is 8.06. The minimum Gasteiger partial charge on any atom is -0.495 e. The standard InChI is InChI=1S/C21H18BrFN2O3/c1-12-6-4-5-7-15(12)21(27)25(11-26)13(2)19-18(22)20(28-3)16-10-14(23)8-9-17(16)24-19/h4-11,13H,1-3H3. The van der Waals surface area contributed by atoms with Crippen molar-refractivity contribution in [3.05, 3.63) is 69.6 Å². The largest absolute Gasteiger partial charge is 0.495 e. The Morgan fingerprint density at radius 3 is 2.64 bits per heavy atom. The van der Waals surface area contributed by atoms with Crippen LogP contribution in [-0.4, -0.2) is 29.3 Å². The van der Waals surface area contributed by atoms with E-state index in [1.807, 2.05) is 19.1 Å². The molecule has 2 aromatic carbocycles. The van der Waals surface area contributed by atoms with Gasteiger partial charge in [-0.25, -0.2) is 9.37 Å². The molecule has 0 N–H and O–H groups in total. The number of rotatable bonds is 5. The molecule has 1 atom stereocenters. The van der Waals surface area contributed by atoms with Gasteiger partial charge in [-0.3, -0.25) is 14.5 Å². The Morgan fingerprint density at radius 1 is 1.29 bits per heavy atom. The molecule has 2 amide bonds. The summed E-state index contributed by atoms with van der Waals surface area (Å²) in [5.74, 6) is -0.447. The van der Waals surface area contributed by atoms with Crippen LogP contribution >= 0.6 is 15.9 Å². The molecular weight excluding hydrogens is 427 g/mol. The molecule has 0 saturated heterocycles. The van der Waals surface area contributed by atoms with E-state index in [2.05, 4.69) is 20.9 Å². The first-order valence-corrected chi connectivity index (χ1v) is 9.34. The third-order valence-electron chi connectivity index (χ3n) is 4.61. The van der Waals surface area contributed by atoms with Gasteiger partial charge in [0.25, 0.3) is 5.91 Å². The summed E-state index contributed by atoms with van der Waals surface area (Å²) in [4.78, 5) is 30.4. The number of aromatic nitrogens is 1. The van der Waals surface area contributed by atoms with Crippen molar-refractivity contribution in [2.45, 2.75) is 19.9 Å². The Hall–Kier alpha value is -2.80. The van der Waals surface area contributed by atoms with Crippen molar-refractivity contribution in [1.82, 2.24) is 9.88 Å². The molecule has 0 radical (unpaired) electrons. The molecule has 1 aromatic heterocycles. The summed E-state index contributed by atoms with van der Waals surface area (Å²) in [6.45, 7) is 3.51. The van der Waals surface area contributed by atoms with Crippen LogP contribution < -0.4 is 4.74 Å². The molecule has 3 aromatic rings. The molecular formula is C21H18BrFN2O3. The van der Waals surface area contributed by atoms with Crippen molar-refractivity contribution in [2.24, 2.45) is 0 Å². The highest BCUT2D eigenvalue weighted by Gasteiger charge is 2.28. The molecule has 0 aliphatic heterocycles. The lowest BCUT2D eigenvalue weighted by molar-refractivity contribution is -0.117. The molecule has 28 heavy (non-hydrogen) atoms. The fraction of sp³-hybridized carbons (Fsp3) is 0.190. The number of aryl methyl sites for hydroxylation is 1. The lowest BCUT2D eigenvalue weighted by atomic mass is 10.1. The van der Waals surface area contributed by atoms with E-state index in [1.165, 1.54) is 25.3 Å². The average molecular weight is 445 g/mol. The normalized spacial score (nSPS) is 11.9. The predicted molar refractivity (Wildman–Crippen MR) is 108 cm³/mol. The third kappa shape index (κ3) is 3.49. The first-order valence-electron chi connectivity index (χ1n) is 8.55. The number of pyridine rings is 1. The second-order valence-electron chi connectivity index (χ2n) is 6.31. The van der Waals surface area contributed by atoms with Gasteiger partial charge in [0.05, 0.1) is 28.8 Å². The van der Waals surface area contributed by atoms with E-state index in [-0.39, 0.29) is 0 Å². The minimum atomic E-state index is -0.678. The lowest BCUT2D eigenvalue weighted by Crippen LogP contribution is -2.33. The Morgan fingerprint density at radius 2 is 2.00 bits per heavy atom. The number of nitrogens with zero attached hydrogens (tertiary/aromatic N) is 2. The third-order valence-corrected chi connectivity index (χ3v) is 5.38. The molecule has 7 heteroatoms. The molecule has 3 rings (SSSR count). The summed E-state index contributed by atoms with van der Waals surface area (Å²) in [6, 6.07) is 10.5. The zero-order chi connectivity index (χ0) is 20.4. The number of hydrogen-bond donors (Lipinski definition) is 0. The molecule has 1 unspecified atom stereocenters. The summed E-state index contributed by atoms with van der Waals surface area (Å²) in [5.41, 5.74) is 2.14. The highest BCUT2D eigenvalue weighted by atomic mass is 79.9. The number of amides is 2. The number of ether oxygens (including phenoxy) is 1. The quantitative estimate of drug-likeness (QED) is 0.529. The van der Waals surface area contributed by atoms with Crippen LogP contribution in [-0.2, 0) is 4.79 Å². The van der Waals surface area contributed by atoms with Crippen LogP contribution in [0.15, 0.2) is 46.9 Å². The van der Waals surface area contributed by atoms with Gasteiger partial charge in [-0.05, 0) is 59.6 Å². The summed E-state index contributed by atoms with van der Waals surface area (Å²) >= 11 is 3.44. The van der Waals surface area contributed by atoms with Crippen LogP contribution in [0.25, 0.3) is 10.9 Å². The lowest BCUT2D eigenvalue weighted by Gasteiger charge is -2.25. The van der Waals surface area contributed by atoms with Crippen molar-refractivity contribution in [3.8, 4) is 5.75 Å². The monoisotopic (exact) mass is 444 g/mol. The molecule has 5 nitrogen and oxygen atoms in total. The van der Waals surface area contributed by atoms with Gasteiger partial charge in [0, 0.05) is 10.9 Å². The number of carbonyl (C=O) groups excluding carboxylic acids is 2. The van der Waals surface area contributed by atoms with Gasteiger partial charge >= 0.3 is 0 Å². The molecule has 0 saturated carbocycles. The fourth-order valence-corrected chi connectivity index (χ4v) is 3.87. The fourth-order valence-electron chi connectivity index (χ4n) is 3.08. The molecule has 144 valence electrons. The smallest absolute Gasteiger partial charge is 0.261 e. The first kappa shape index (κ1) is 19.9. The molecule has 0 spiro atoms. The Kier molecular flexibility index (Phi) is 5.74. The molecule has 0 aliphatic rings. The van der Waals surface area contributed by atoms with Crippen molar-refractivity contribution in [2.75, 3.05) is 7.11 Å². The number of methoxy groups -OCH3 is 1. The molecule has 0 bridgehead atoms. The van der Waals surface area contributed by atoms with Gasteiger partial charge in [0.1, 0.15) is 11.6 Å². The van der Waals surface area contributed by atoms with Crippen LogP contribution in [0.1, 0.15) is 34.6 Å². The Labute approximate surface area is 170 Å². The van der Waals surface area contributed by atoms with Gasteiger partial charge in [0.2, 0.25) is 6.41 Å². The van der Waals surface area contributed by atoms with Gasteiger partial charge in [-0.2, -0.15) is 0 Å². The van der Waals surface area contributed by atoms with Crippen LogP contribution in [0.5, 0.6) is 5.75 Å². The average Bonchev–Trinajstić information content (AvgIpc) is 2.68. The van der Waals surface area contributed by atoms with Gasteiger partial charge < -0.3 is 4.74 Å². The predicted octanol–water partition coefficient (Wildman–Crippen LogP) is 4.81. The maximum atomic E-state index is 13.7. The van der Waals surface area contributed by atoms with Crippen LogP contribution in [0.4, 0.5) is 4.39 Å². The van der Waals surface area contributed by atoms with Crippen molar-refractivity contribution in [3.63, 3.8) is 0 Å².